The maximum atomic E-state index is 12.4. The molecule has 8 heteroatoms. The zero-order valence-electron chi connectivity index (χ0n) is 14.4. The summed E-state index contributed by atoms with van der Waals surface area (Å²) < 4.78 is 2.26. The van der Waals surface area contributed by atoms with Gasteiger partial charge in [-0.2, -0.15) is 5.26 Å². The van der Waals surface area contributed by atoms with Gasteiger partial charge in [-0.25, -0.2) is 0 Å². The third kappa shape index (κ3) is 3.89. The van der Waals surface area contributed by atoms with Crippen LogP contribution in [0.3, 0.4) is 0 Å². The van der Waals surface area contributed by atoms with Crippen molar-refractivity contribution in [2.45, 2.75) is 54.6 Å². The Bertz CT molecular complexity index is 880. The number of rotatable bonds is 7. The first-order valence-electron chi connectivity index (χ1n) is 8.69. The SMILES string of the molecule is Cc1cc(SC#N)ccc1NC(=O)CSc1nnc(C2CC2)n1C1CC1. The average molecular weight is 386 g/mol. The van der Waals surface area contributed by atoms with Gasteiger partial charge in [0.2, 0.25) is 5.91 Å². The highest BCUT2D eigenvalue weighted by molar-refractivity contribution is 8.03. The molecule has 0 bridgehead atoms. The van der Waals surface area contributed by atoms with E-state index in [4.69, 9.17) is 5.26 Å². The highest BCUT2D eigenvalue weighted by atomic mass is 32.2. The van der Waals surface area contributed by atoms with Gasteiger partial charge in [-0.3, -0.25) is 4.79 Å². The summed E-state index contributed by atoms with van der Waals surface area (Å²) in [6, 6.07) is 6.12. The zero-order valence-corrected chi connectivity index (χ0v) is 16.1. The largest absolute Gasteiger partial charge is 0.325 e. The van der Waals surface area contributed by atoms with E-state index in [9.17, 15) is 4.79 Å². The first kappa shape index (κ1) is 17.4. The fraction of sp³-hybridized carbons (Fsp3) is 0.444. The molecule has 2 aromatic rings. The molecule has 2 aliphatic rings. The average Bonchev–Trinajstić information content (AvgIpc) is 3.54. The molecule has 0 spiro atoms. The van der Waals surface area contributed by atoms with Crippen LogP contribution in [0.5, 0.6) is 0 Å². The number of nitriles is 1. The first-order chi connectivity index (χ1) is 12.7. The van der Waals surface area contributed by atoms with E-state index in [1.807, 2.05) is 25.1 Å². The van der Waals surface area contributed by atoms with Gasteiger partial charge in [-0.1, -0.05) is 11.8 Å². The van der Waals surface area contributed by atoms with Gasteiger partial charge in [-0.05, 0) is 68.1 Å². The quantitative estimate of drug-likeness (QED) is 0.570. The second-order valence-electron chi connectivity index (χ2n) is 6.72. The van der Waals surface area contributed by atoms with Crippen molar-refractivity contribution in [3.8, 4) is 5.40 Å². The monoisotopic (exact) mass is 385 g/mol. The Balaban J connectivity index is 1.38. The predicted molar refractivity (Wildman–Crippen MR) is 102 cm³/mol. The molecule has 1 N–H and O–H groups in total. The number of benzene rings is 1. The molecule has 0 saturated heterocycles. The number of hydrogen-bond acceptors (Lipinski definition) is 6. The minimum absolute atomic E-state index is 0.0582. The molecule has 0 aliphatic heterocycles. The van der Waals surface area contributed by atoms with Crippen LogP contribution in [0.1, 0.15) is 49.0 Å². The van der Waals surface area contributed by atoms with Gasteiger partial charge in [0, 0.05) is 22.5 Å². The van der Waals surface area contributed by atoms with E-state index in [-0.39, 0.29) is 5.91 Å². The van der Waals surface area contributed by atoms with E-state index >= 15 is 0 Å². The van der Waals surface area contributed by atoms with Gasteiger partial charge in [0.15, 0.2) is 5.16 Å². The van der Waals surface area contributed by atoms with Crippen LogP contribution in [0, 0.1) is 17.6 Å². The molecule has 1 heterocycles. The van der Waals surface area contributed by atoms with Crippen LogP contribution in [-0.4, -0.2) is 26.4 Å². The molecule has 2 fully saturated rings. The smallest absolute Gasteiger partial charge is 0.234 e. The van der Waals surface area contributed by atoms with E-state index in [1.165, 1.54) is 37.4 Å². The maximum Gasteiger partial charge on any atom is 0.234 e. The molecule has 1 aromatic carbocycles. The Morgan fingerprint density at radius 3 is 2.81 bits per heavy atom. The van der Waals surface area contributed by atoms with Crippen molar-refractivity contribution in [1.82, 2.24) is 14.8 Å². The third-order valence-corrected chi connectivity index (χ3v) is 6.04. The van der Waals surface area contributed by atoms with E-state index in [1.54, 1.807) is 0 Å². The molecule has 1 aromatic heterocycles. The van der Waals surface area contributed by atoms with Crippen LogP contribution in [0.25, 0.3) is 0 Å². The third-order valence-electron chi connectivity index (χ3n) is 4.51. The molecule has 0 atom stereocenters. The summed E-state index contributed by atoms with van der Waals surface area (Å²) in [5, 5.41) is 23.3. The van der Waals surface area contributed by atoms with Crippen molar-refractivity contribution in [1.29, 1.82) is 5.26 Å². The highest BCUT2D eigenvalue weighted by Gasteiger charge is 2.36. The highest BCUT2D eigenvalue weighted by Crippen LogP contribution is 2.46. The number of hydrogen-bond donors (Lipinski definition) is 1. The summed E-state index contributed by atoms with van der Waals surface area (Å²) in [7, 11) is 0. The number of amides is 1. The molecule has 0 unspecified atom stereocenters. The second kappa shape index (κ2) is 7.33. The topological polar surface area (TPSA) is 83.6 Å². The minimum Gasteiger partial charge on any atom is -0.325 e. The summed E-state index contributed by atoms with van der Waals surface area (Å²) in [5.41, 5.74) is 1.72. The van der Waals surface area contributed by atoms with Crippen molar-refractivity contribution < 1.29 is 4.79 Å². The lowest BCUT2D eigenvalue weighted by Gasteiger charge is -2.10. The Morgan fingerprint density at radius 2 is 2.15 bits per heavy atom. The molecule has 4 rings (SSSR count). The number of thiocyanates is 1. The molecule has 6 nitrogen and oxygen atoms in total. The van der Waals surface area contributed by atoms with Crippen molar-refractivity contribution in [2.75, 3.05) is 11.1 Å². The lowest BCUT2D eigenvalue weighted by atomic mass is 10.2. The second-order valence-corrected chi connectivity index (χ2v) is 8.52. The van der Waals surface area contributed by atoms with E-state index in [2.05, 4.69) is 25.5 Å². The number of carbonyl (C=O) groups excluding carboxylic acids is 1. The number of nitrogens with zero attached hydrogens (tertiary/aromatic N) is 4. The number of aryl methyl sites for hydroxylation is 1. The van der Waals surface area contributed by atoms with Crippen LogP contribution in [-0.2, 0) is 4.79 Å². The number of nitrogens with one attached hydrogen (secondary N) is 1. The van der Waals surface area contributed by atoms with Gasteiger partial charge in [0.1, 0.15) is 11.2 Å². The van der Waals surface area contributed by atoms with Gasteiger partial charge >= 0.3 is 0 Å². The van der Waals surface area contributed by atoms with Crippen molar-refractivity contribution >= 4 is 35.1 Å². The van der Waals surface area contributed by atoms with Crippen LogP contribution < -0.4 is 5.32 Å². The molecule has 2 aliphatic carbocycles. The first-order valence-corrected chi connectivity index (χ1v) is 10.5. The molecule has 2 saturated carbocycles. The Morgan fingerprint density at radius 1 is 1.35 bits per heavy atom. The van der Waals surface area contributed by atoms with Crippen molar-refractivity contribution in [3.05, 3.63) is 29.6 Å². The van der Waals surface area contributed by atoms with Crippen molar-refractivity contribution in [2.24, 2.45) is 0 Å². The molecule has 1 amide bonds. The predicted octanol–water partition coefficient (Wildman–Crippen LogP) is 4.10. The minimum atomic E-state index is -0.0582. The van der Waals surface area contributed by atoms with E-state index in [0.29, 0.717) is 17.7 Å². The molecular weight excluding hydrogens is 366 g/mol. The van der Waals surface area contributed by atoms with Gasteiger partial charge < -0.3 is 9.88 Å². The van der Waals surface area contributed by atoms with Gasteiger partial charge in [0.25, 0.3) is 0 Å². The van der Waals surface area contributed by atoms with Gasteiger partial charge in [-0.15, -0.1) is 10.2 Å². The summed E-state index contributed by atoms with van der Waals surface area (Å²) in [6.07, 6.45) is 4.78. The van der Waals surface area contributed by atoms with Crippen LogP contribution in [0.4, 0.5) is 5.69 Å². The number of anilines is 1. The summed E-state index contributed by atoms with van der Waals surface area (Å²) in [5.74, 6) is 1.93. The maximum absolute atomic E-state index is 12.4. The van der Waals surface area contributed by atoms with Gasteiger partial charge in [0.05, 0.1) is 5.75 Å². The number of thioether (sulfide) groups is 2. The fourth-order valence-electron chi connectivity index (χ4n) is 2.89. The lowest BCUT2D eigenvalue weighted by Crippen LogP contribution is -2.15. The Hall–Kier alpha value is -1.98. The van der Waals surface area contributed by atoms with Crippen LogP contribution in [0.15, 0.2) is 28.3 Å². The number of aromatic nitrogens is 3. The van der Waals surface area contributed by atoms with Crippen molar-refractivity contribution in [3.63, 3.8) is 0 Å². The Kier molecular flexibility index (Phi) is 4.92. The lowest BCUT2D eigenvalue weighted by molar-refractivity contribution is -0.113. The fourth-order valence-corrected chi connectivity index (χ4v) is 4.18. The molecule has 26 heavy (non-hydrogen) atoms. The summed E-state index contributed by atoms with van der Waals surface area (Å²) in [6.45, 7) is 1.93. The van der Waals surface area contributed by atoms with E-state index < -0.39 is 0 Å². The van der Waals surface area contributed by atoms with Crippen LogP contribution in [0.2, 0.25) is 0 Å². The number of carbonyl (C=O) groups is 1. The molecule has 0 radical (unpaired) electrons. The zero-order chi connectivity index (χ0) is 18.1. The summed E-state index contributed by atoms with van der Waals surface area (Å²) >= 11 is 2.57. The molecular formula is C18H19N5OS2. The Labute approximate surface area is 160 Å². The standard InChI is InChI=1S/C18H19N5OS2/c1-11-8-14(26-10-19)6-7-15(11)20-16(24)9-25-18-22-21-17(12-2-3-12)23(18)13-4-5-13/h6-8,12-13H,2-5,9H2,1H3,(H,20,24). The van der Waals surface area contributed by atoms with E-state index in [0.717, 1.165) is 38.9 Å². The normalized spacial score (nSPS) is 16.3. The molecule has 134 valence electrons. The van der Waals surface area contributed by atoms with Crippen LogP contribution >= 0.6 is 23.5 Å². The summed E-state index contributed by atoms with van der Waals surface area (Å²) in [4.78, 5) is 13.2.